The van der Waals surface area contributed by atoms with Gasteiger partial charge in [0.2, 0.25) is 0 Å². The van der Waals surface area contributed by atoms with Crippen LogP contribution in [-0.4, -0.2) is 0 Å². The zero-order valence-electron chi connectivity index (χ0n) is 23.6. The number of hydrogen-bond acceptors (Lipinski definition) is 1. The molecule has 1 spiro atoms. The summed E-state index contributed by atoms with van der Waals surface area (Å²) in [4.78, 5) is 0. The SMILES string of the molecule is [2H]c1c([2H])c([2H])c2c(c1[2H])-c1ccc(Cl)cc1C21c2ccccc2-c2c(-c3ccccc3)oc(-c3ccccc3)c21. The third-order valence-electron chi connectivity index (χ3n) is 7.67. The van der Waals surface area contributed by atoms with Crippen LogP contribution in [0.5, 0.6) is 0 Å². The molecule has 0 aliphatic heterocycles. The quantitative estimate of drug-likeness (QED) is 0.232. The number of rotatable bonds is 2. The van der Waals surface area contributed by atoms with Gasteiger partial charge in [-0.05, 0) is 45.5 Å². The van der Waals surface area contributed by atoms with Crippen molar-refractivity contribution in [2.24, 2.45) is 0 Å². The molecule has 0 fully saturated rings. The Labute approximate surface area is 226 Å². The topological polar surface area (TPSA) is 13.1 Å². The fraction of sp³-hybridized carbons (Fsp3) is 0.0286. The first kappa shape index (κ1) is 17.2. The van der Waals surface area contributed by atoms with E-state index >= 15 is 0 Å². The molecule has 5 aromatic carbocycles. The molecule has 37 heavy (non-hydrogen) atoms. The molecular formula is C35H21ClO. The molecule has 0 amide bonds. The lowest BCUT2D eigenvalue weighted by molar-refractivity contribution is 0.588. The Morgan fingerprint density at radius 3 is 2.05 bits per heavy atom. The highest BCUT2D eigenvalue weighted by Crippen LogP contribution is 2.66. The van der Waals surface area contributed by atoms with Crippen LogP contribution < -0.4 is 0 Å². The van der Waals surface area contributed by atoms with E-state index in [1.807, 2.05) is 84.9 Å². The smallest absolute Gasteiger partial charge is 0.142 e. The van der Waals surface area contributed by atoms with Crippen LogP contribution in [0.3, 0.4) is 0 Å². The Morgan fingerprint density at radius 1 is 0.595 bits per heavy atom. The van der Waals surface area contributed by atoms with E-state index in [4.69, 9.17) is 20.1 Å². The highest BCUT2D eigenvalue weighted by molar-refractivity contribution is 6.30. The van der Waals surface area contributed by atoms with Crippen LogP contribution in [0, 0.1) is 0 Å². The normalized spacial score (nSPS) is 17.9. The molecule has 2 aliphatic rings. The Bertz CT molecular complexity index is 2050. The van der Waals surface area contributed by atoms with Gasteiger partial charge in [0, 0.05) is 27.3 Å². The van der Waals surface area contributed by atoms with E-state index in [2.05, 4.69) is 12.1 Å². The molecule has 1 unspecified atom stereocenters. The minimum absolute atomic E-state index is 0.0552. The summed E-state index contributed by atoms with van der Waals surface area (Å²) in [5.41, 5.74) is 7.08. The van der Waals surface area contributed by atoms with Crippen LogP contribution in [0.2, 0.25) is 5.02 Å². The van der Waals surface area contributed by atoms with Gasteiger partial charge in [-0.1, -0.05) is 127 Å². The molecule has 0 saturated heterocycles. The maximum absolute atomic E-state index is 9.31. The molecule has 6 aromatic rings. The van der Waals surface area contributed by atoms with Crippen molar-refractivity contribution in [2.45, 2.75) is 5.41 Å². The van der Waals surface area contributed by atoms with Gasteiger partial charge >= 0.3 is 0 Å². The molecule has 0 N–H and O–H groups in total. The Morgan fingerprint density at radius 2 is 1.27 bits per heavy atom. The minimum Gasteiger partial charge on any atom is -0.455 e. The van der Waals surface area contributed by atoms with E-state index in [-0.39, 0.29) is 24.2 Å². The number of furan rings is 1. The van der Waals surface area contributed by atoms with Crippen LogP contribution in [0.1, 0.15) is 27.7 Å². The average molecular weight is 497 g/mol. The van der Waals surface area contributed by atoms with E-state index < -0.39 is 5.41 Å². The standard InChI is InChI=1S/C35H21ClO/c36-24-19-20-26-25-15-7-9-17-28(25)35(30(26)21-24)29-18-10-8-16-27(29)31-32(35)34(23-13-5-2-6-14-23)37-33(31)22-11-3-1-4-12-22/h1-21H/i7D,9D,15D,17D. The van der Waals surface area contributed by atoms with Crippen LogP contribution >= 0.6 is 11.6 Å². The largest absolute Gasteiger partial charge is 0.455 e. The molecule has 2 heteroatoms. The van der Waals surface area contributed by atoms with Crippen molar-refractivity contribution >= 4 is 11.6 Å². The molecule has 8 rings (SSSR count). The summed E-state index contributed by atoms with van der Waals surface area (Å²) in [6.07, 6.45) is 0. The number of halogens is 1. The van der Waals surface area contributed by atoms with Crippen molar-refractivity contribution in [3.8, 4) is 44.9 Å². The van der Waals surface area contributed by atoms with Crippen molar-refractivity contribution < 1.29 is 9.90 Å². The number of fused-ring (bicyclic) bond motifs is 10. The summed E-state index contributed by atoms with van der Waals surface area (Å²) in [6, 6.07) is 33.0. The van der Waals surface area contributed by atoms with Crippen molar-refractivity contribution in [1.29, 1.82) is 0 Å². The summed E-state index contributed by atoms with van der Waals surface area (Å²) in [6.45, 7) is 0. The highest BCUT2D eigenvalue weighted by Gasteiger charge is 2.55. The molecule has 1 atom stereocenters. The lowest BCUT2D eigenvalue weighted by atomic mass is 9.70. The molecule has 0 saturated carbocycles. The van der Waals surface area contributed by atoms with Gasteiger partial charge in [-0.15, -0.1) is 0 Å². The second-order valence-electron chi connectivity index (χ2n) is 9.48. The second kappa shape index (κ2) is 7.59. The maximum atomic E-state index is 9.31. The van der Waals surface area contributed by atoms with Gasteiger partial charge in [0.05, 0.1) is 10.9 Å². The van der Waals surface area contributed by atoms with Crippen LogP contribution in [0.15, 0.2) is 132 Å². The number of benzene rings is 5. The van der Waals surface area contributed by atoms with E-state index in [0.29, 0.717) is 21.9 Å². The predicted molar refractivity (Wildman–Crippen MR) is 151 cm³/mol. The van der Waals surface area contributed by atoms with E-state index in [1.165, 1.54) is 0 Å². The molecule has 2 aliphatic carbocycles. The molecule has 1 heterocycles. The predicted octanol–water partition coefficient (Wildman–Crippen LogP) is 9.61. The van der Waals surface area contributed by atoms with E-state index in [9.17, 15) is 1.37 Å². The van der Waals surface area contributed by atoms with Gasteiger partial charge in [0.25, 0.3) is 0 Å². The van der Waals surface area contributed by atoms with Gasteiger partial charge in [0.15, 0.2) is 0 Å². The molecule has 0 bridgehead atoms. The summed E-state index contributed by atoms with van der Waals surface area (Å²) >= 11 is 6.69. The van der Waals surface area contributed by atoms with Crippen molar-refractivity contribution in [2.75, 3.05) is 0 Å². The van der Waals surface area contributed by atoms with Gasteiger partial charge in [-0.25, -0.2) is 0 Å². The lowest BCUT2D eigenvalue weighted by Gasteiger charge is -2.30. The number of hydrogen-bond donors (Lipinski definition) is 0. The summed E-state index contributed by atoms with van der Waals surface area (Å²) in [5.74, 6) is 1.39. The molecular weight excluding hydrogens is 472 g/mol. The van der Waals surface area contributed by atoms with Gasteiger partial charge in [-0.2, -0.15) is 0 Å². The molecule has 0 radical (unpaired) electrons. The van der Waals surface area contributed by atoms with Crippen molar-refractivity contribution in [1.82, 2.24) is 0 Å². The maximum Gasteiger partial charge on any atom is 0.142 e. The first-order valence-electron chi connectivity index (χ1n) is 14.2. The average Bonchev–Trinajstić information content (AvgIpc) is 3.64. The third kappa shape index (κ3) is 2.64. The Balaban J connectivity index is 1.65. The van der Waals surface area contributed by atoms with Gasteiger partial charge in [0.1, 0.15) is 11.5 Å². The molecule has 174 valence electrons. The van der Waals surface area contributed by atoms with Crippen molar-refractivity contribution in [3.05, 3.63) is 155 Å². The van der Waals surface area contributed by atoms with Gasteiger partial charge < -0.3 is 4.42 Å². The molecule has 1 nitrogen and oxygen atoms in total. The van der Waals surface area contributed by atoms with Crippen LogP contribution in [0.4, 0.5) is 0 Å². The zero-order valence-corrected chi connectivity index (χ0v) is 20.4. The minimum atomic E-state index is -1.07. The second-order valence-corrected chi connectivity index (χ2v) is 9.91. The fourth-order valence-corrected chi connectivity index (χ4v) is 6.48. The first-order chi connectivity index (χ1) is 19.9. The van der Waals surface area contributed by atoms with Crippen LogP contribution in [0.25, 0.3) is 44.9 Å². The monoisotopic (exact) mass is 496 g/mol. The Hall–Kier alpha value is -4.33. The Kier molecular flexibility index (Phi) is 3.52. The fourth-order valence-electron chi connectivity index (χ4n) is 6.31. The van der Waals surface area contributed by atoms with Gasteiger partial charge in [-0.3, -0.25) is 0 Å². The zero-order chi connectivity index (χ0) is 28.0. The third-order valence-corrected chi connectivity index (χ3v) is 7.91. The highest BCUT2D eigenvalue weighted by atomic mass is 35.5. The summed E-state index contributed by atoms with van der Waals surface area (Å²) in [7, 11) is 0. The summed E-state index contributed by atoms with van der Waals surface area (Å²) < 4.78 is 42.5. The van der Waals surface area contributed by atoms with Crippen molar-refractivity contribution in [3.63, 3.8) is 0 Å². The lowest BCUT2D eigenvalue weighted by Crippen LogP contribution is -2.26. The van der Waals surface area contributed by atoms with E-state index in [1.54, 1.807) is 6.07 Å². The van der Waals surface area contributed by atoms with Crippen LogP contribution in [-0.2, 0) is 5.41 Å². The molecule has 1 aromatic heterocycles. The van der Waals surface area contributed by atoms with E-state index in [0.717, 1.165) is 50.3 Å². The first-order valence-corrected chi connectivity index (χ1v) is 12.6. The summed E-state index contributed by atoms with van der Waals surface area (Å²) in [5, 5.41) is 0.533.